The summed E-state index contributed by atoms with van der Waals surface area (Å²) >= 11 is 1.56. The van der Waals surface area contributed by atoms with E-state index in [-0.39, 0.29) is 5.82 Å². The highest BCUT2D eigenvalue weighted by atomic mass is 32.1. The van der Waals surface area contributed by atoms with E-state index in [2.05, 4.69) is 29.9 Å². The maximum atomic E-state index is 13.9. The number of halogens is 1. The molecule has 140 valence electrons. The zero-order valence-corrected chi connectivity index (χ0v) is 15.8. The van der Waals surface area contributed by atoms with Gasteiger partial charge in [0.2, 0.25) is 5.13 Å². The molecular weight excluding hydrogens is 363 g/mol. The Labute approximate surface area is 161 Å². The first kappa shape index (κ1) is 16.8. The van der Waals surface area contributed by atoms with Crippen molar-refractivity contribution in [2.75, 3.05) is 18.0 Å². The molecule has 0 radical (unpaired) electrons. The van der Waals surface area contributed by atoms with E-state index in [0.29, 0.717) is 23.9 Å². The highest BCUT2D eigenvalue weighted by Crippen LogP contribution is 2.38. The van der Waals surface area contributed by atoms with Gasteiger partial charge in [-0.2, -0.15) is 0 Å². The molecule has 27 heavy (non-hydrogen) atoms. The summed E-state index contributed by atoms with van der Waals surface area (Å²) in [4.78, 5) is 2.29. The van der Waals surface area contributed by atoms with Crippen molar-refractivity contribution in [3.63, 3.8) is 0 Å². The molecule has 2 aliphatic rings. The second kappa shape index (κ2) is 6.99. The Morgan fingerprint density at radius 1 is 1.11 bits per heavy atom. The number of benzene rings is 1. The van der Waals surface area contributed by atoms with Gasteiger partial charge >= 0.3 is 0 Å². The lowest BCUT2D eigenvalue weighted by molar-refractivity contribution is 0.470. The quantitative estimate of drug-likeness (QED) is 0.673. The first-order valence-corrected chi connectivity index (χ1v) is 10.3. The van der Waals surface area contributed by atoms with Gasteiger partial charge in [-0.3, -0.25) is 0 Å². The van der Waals surface area contributed by atoms with Crippen molar-refractivity contribution >= 4 is 16.5 Å². The number of rotatable bonds is 5. The first-order chi connectivity index (χ1) is 13.3. The van der Waals surface area contributed by atoms with Crippen molar-refractivity contribution < 1.29 is 4.39 Å². The molecule has 1 aliphatic heterocycles. The zero-order valence-electron chi connectivity index (χ0n) is 15.0. The van der Waals surface area contributed by atoms with Crippen LogP contribution in [0.1, 0.15) is 54.0 Å². The fourth-order valence-corrected chi connectivity index (χ4v) is 4.68. The molecule has 5 rings (SSSR count). The summed E-state index contributed by atoms with van der Waals surface area (Å²) < 4.78 is 16.1. The number of hydrogen-bond donors (Lipinski definition) is 0. The fraction of sp³-hybridized carbons (Fsp3) is 0.474. The second-order valence-electron chi connectivity index (χ2n) is 7.36. The van der Waals surface area contributed by atoms with Gasteiger partial charge in [0.15, 0.2) is 0 Å². The van der Waals surface area contributed by atoms with Gasteiger partial charge in [-0.1, -0.05) is 29.5 Å². The summed E-state index contributed by atoms with van der Waals surface area (Å²) in [5.41, 5.74) is 0.661. The lowest BCUT2D eigenvalue weighted by Crippen LogP contribution is -2.35. The lowest BCUT2D eigenvalue weighted by atomic mass is 9.97. The van der Waals surface area contributed by atoms with Crippen LogP contribution in [0, 0.1) is 5.82 Å². The molecule has 0 bridgehead atoms. The molecule has 2 fully saturated rings. The molecular formula is C19H21FN6S. The van der Waals surface area contributed by atoms with Gasteiger partial charge in [0.1, 0.15) is 23.0 Å². The summed E-state index contributed by atoms with van der Waals surface area (Å²) in [5.74, 6) is 1.30. The van der Waals surface area contributed by atoms with Crippen LogP contribution in [-0.2, 0) is 6.42 Å². The minimum absolute atomic E-state index is 0.188. The van der Waals surface area contributed by atoms with Crippen LogP contribution in [0.5, 0.6) is 0 Å². The standard InChI is InChI=1S/C19H21FN6S/c20-16-6-2-1-4-13(16)10-17-22-24-19(27-17)25-9-3-5-14(11-25)18-23-21-12-26(18)15-7-8-15/h1-2,4,6,12,14-15H,3,5,7-11H2. The van der Waals surface area contributed by atoms with Crippen LogP contribution in [-0.4, -0.2) is 38.1 Å². The topological polar surface area (TPSA) is 59.7 Å². The molecule has 0 spiro atoms. The highest BCUT2D eigenvalue weighted by Gasteiger charge is 2.32. The highest BCUT2D eigenvalue weighted by molar-refractivity contribution is 7.15. The van der Waals surface area contributed by atoms with E-state index < -0.39 is 0 Å². The van der Waals surface area contributed by atoms with Crippen LogP contribution >= 0.6 is 11.3 Å². The molecule has 0 N–H and O–H groups in total. The van der Waals surface area contributed by atoms with E-state index in [1.807, 2.05) is 12.4 Å². The van der Waals surface area contributed by atoms with Gasteiger partial charge in [0.25, 0.3) is 0 Å². The Bertz CT molecular complexity index is 934. The summed E-state index contributed by atoms with van der Waals surface area (Å²) in [6, 6.07) is 7.45. The first-order valence-electron chi connectivity index (χ1n) is 9.48. The normalized spacial score (nSPS) is 20.2. The molecule has 3 aromatic rings. The van der Waals surface area contributed by atoms with E-state index in [1.165, 1.54) is 18.9 Å². The second-order valence-corrected chi connectivity index (χ2v) is 8.40. The van der Waals surface area contributed by atoms with Gasteiger partial charge in [-0.25, -0.2) is 4.39 Å². The predicted molar refractivity (Wildman–Crippen MR) is 102 cm³/mol. The van der Waals surface area contributed by atoms with E-state index in [9.17, 15) is 4.39 Å². The maximum absolute atomic E-state index is 13.9. The largest absolute Gasteiger partial charge is 0.346 e. The molecule has 1 saturated carbocycles. The van der Waals surface area contributed by atoms with Crippen molar-refractivity contribution in [1.29, 1.82) is 0 Å². The minimum atomic E-state index is -0.188. The third-order valence-corrected chi connectivity index (χ3v) is 6.34. The Hall–Kier alpha value is -2.35. The number of hydrogen-bond acceptors (Lipinski definition) is 6. The van der Waals surface area contributed by atoms with Crippen LogP contribution in [0.4, 0.5) is 9.52 Å². The molecule has 2 aromatic heterocycles. The van der Waals surface area contributed by atoms with Gasteiger partial charge in [-0.15, -0.1) is 20.4 Å². The van der Waals surface area contributed by atoms with Gasteiger partial charge < -0.3 is 9.47 Å². The molecule has 1 aliphatic carbocycles. The van der Waals surface area contributed by atoms with Crippen LogP contribution in [0.2, 0.25) is 0 Å². The van der Waals surface area contributed by atoms with Crippen molar-refractivity contribution in [2.24, 2.45) is 0 Å². The van der Waals surface area contributed by atoms with Crippen LogP contribution in [0.3, 0.4) is 0 Å². The summed E-state index contributed by atoms with van der Waals surface area (Å²) in [6.45, 7) is 1.86. The molecule has 6 nitrogen and oxygen atoms in total. The van der Waals surface area contributed by atoms with Crippen LogP contribution in [0.25, 0.3) is 0 Å². The molecule has 8 heteroatoms. The van der Waals surface area contributed by atoms with Crippen molar-refractivity contribution in [3.05, 3.63) is 52.8 Å². The van der Waals surface area contributed by atoms with E-state index in [1.54, 1.807) is 23.5 Å². The average Bonchev–Trinajstić information content (AvgIpc) is 3.23. The predicted octanol–water partition coefficient (Wildman–Crippen LogP) is 3.58. The van der Waals surface area contributed by atoms with Gasteiger partial charge in [-0.05, 0) is 37.3 Å². The fourth-order valence-electron chi connectivity index (χ4n) is 3.79. The average molecular weight is 384 g/mol. The van der Waals surface area contributed by atoms with Gasteiger partial charge in [0, 0.05) is 31.5 Å². The maximum Gasteiger partial charge on any atom is 0.208 e. The molecule has 1 aromatic carbocycles. The van der Waals surface area contributed by atoms with E-state index in [0.717, 1.165) is 41.9 Å². The smallest absolute Gasteiger partial charge is 0.208 e. The summed E-state index contributed by atoms with van der Waals surface area (Å²) in [7, 11) is 0. The number of nitrogens with zero attached hydrogens (tertiary/aromatic N) is 6. The van der Waals surface area contributed by atoms with E-state index >= 15 is 0 Å². The van der Waals surface area contributed by atoms with Crippen molar-refractivity contribution in [1.82, 2.24) is 25.0 Å². The van der Waals surface area contributed by atoms with Gasteiger partial charge in [0.05, 0.1) is 0 Å². The third kappa shape index (κ3) is 3.45. The molecule has 1 saturated heterocycles. The van der Waals surface area contributed by atoms with Crippen molar-refractivity contribution in [3.8, 4) is 0 Å². The Kier molecular flexibility index (Phi) is 4.35. The van der Waals surface area contributed by atoms with Crippen molar-refractivity contribution in [2.45, 2.75) is 44.1 Å². The Balaban J connectivity index is 1.31. The summed E-state index contributed by atoms with van der Waals surface area (Å²) in [6.07, 6.45) is 7.06. The monoisotopic (exact) mass is 384 g/mol. The number of aromatic nitrogens is 5. The van der Waals surface area contributed by atoms with Crippen LogP contribution in [0.15, 0.2) is 30.6 Å². The minimum Gasteiger partial charge on any atom is -0.346 e. The molecule has 3 heterocycles. The van der Waals surface area contributed by atoms with E-state index in [4.69, 9.17) is 0 Å². The number of piperidine rings is 1. The molecule has 0 amide bonds. The summed E-state index contributed by atoms with van der Waals surface area (Å²) in [5, 5.41) is 19.0. The third-order valence-electron chi connectivity index (χ3n) is 5.35. The molecule has 1 unspecified atom stereocenters. The zero-order chi connectivity index (χ0) is 18.2. The Morgan fingerprint density at radius 3 is 2.85 bits per heavy atom. The van der Waals surface area contributed by atoms with Crippen LogP contribution < -0.4 is 4.90 Å². The number of anilines is 1. The lowest BCUT2D eigenvalue weighted by Gasteiger charge is -2.31. The molecule has 1 atom stereocenters. The Morgan fingerprint density at radius 2 is 2.00 bits per heavy atom. The SMILES string of the molecule is Fc1ccccc1Cc1nnc(N2CCCC(c3nncn3C3CC3)C2)s1.